The molecular formula is C16H17FO2. The number of aryl methyl sites for hydroxylation is 2. The number of benzene rings is 2. The second-order valence-electron chi connectivity index (χ2n) is 4.62. The van der Waals surface area contributed by atoms with Gasteiger partial charge in [0, 0.05) is 11.1 Å². The Balaban J connectivity index is 2.56. The van der Waals surface area contributed by atoms with Crippen LogP contribution >= 0.6 is 0 Å². The van der Waals surface area contributed by atoms with Crippen molar-refractivity contribution >= 4 is 0 Å². The average Bonchev–Trinajstić information content (AvgIpc) is 2.37. The topological polar surface area (TPSA) is 29.5 Å². The molecule has 0 fully saturated rings. The maximum Gasteiger partial charge on any atom is 0.129 e. The van der Waals surface area contributed by atoms with Gasteiger partial charge >= 0.3 is 0 Å². The number of aliphatic hydroxyl groups excluding tert-OH is 1. The van der Waals surface area contributed by atoms with E-state index < -0.39 is 11.9 Å². The fourth-order valence-electron chi connectivity index (χ4n) is 2.31. The summed E-state index contributed by atoms with van der Waals surface area (Å²) in [5, 5.41) is 10.4. The van der Waals surface area contributed by atoms with E-state index in [1.807, 2.05) is 26.0 Å². The Kier molecular flexibility index (Phi) is 3.86. The molecule has 2 aromatic carbocycles. The first-order valence-corrected chi connectivity index (χ1v) is 6.12. The summed E-state index contributed by atoms with van der Waals surface area (Å²) in [5.41, 5.74) is 2.79. The van der Waals surface area contributed by atoms with Gasteiger partial charge in [-0.05, 0) is 37.1 Å². The van der Waals surface area contributed by atoms with Crippen LogP contribution in [-0.4, -0.2) is 12.2 Å². The van der Waals surface area contributed by atoms with Crippen molar-refractivity contribution in [1.29, 1.82) is 0 Å². The maximum atomic E-state index is 13.8. The zero-order valence-electron chi connectivity index (χ0n) is 11.3. The molecule has 2 aromatic rings. The lowest BCUT2D eigenvalue weighted by molar-refractivity contribution is 0.209. The van der Waals surface area contributed by atoms with Gasteiger partial charge in [0.1, 0.15) is 17.7 Å². The van der Waals surface area contributed by atoms with E-state index in [2.05, 4.69) is 0 Å². The Morgan fingerprint density at radius 3 is 2.47 bits per heavy atom. The van der Waals surface area contributed by atoms with E-state index in [9.17, 15) is 9.50 Å². The van der Waals surface area contributed by atoms with Crippen molar-refractivity contribution in [1.82, 2.24) is 0 Å². The highest BCUT2D eigenvalue weighted by molar-refractivity contribution is 5.47. The van der Waals surface area contributed by atoms with Crippen molar-refractivity contribution in [3.63, 3.8) is 0 Å². The number of rotatable bonds is 3. The van der Waals surface area contributed by atoms with Crippen molar-refractivity contribution in [3.8, 4) is 5.75 Å². The van der Waals surface area contributed by atoms with Gasteiger partial charge < -0.3 is 9.84 Å². The normalized spacial score (nSPS) is 12.3. The largest absolute Gasteiger partial charge is 0.496 e. The lowest BCUT2D eigenvalue weighted by Crippen LogP contribution is -2.07. The number of hydrogen-bond donors (Lipinski definition) is 1. The van der Waals surface area contributed by atoms with Crippen molar-refractivity contribution in [3.05, 3.63) is 64.5 Å². The van der Waals surface area contributed by atoms with Crippen molar-refractivity contribution in [2.24, 2.45) is 0 Å². The maximum absolute atomic E-state index is 13.8. The van der Waals surface area contributed by atoms with Gasteiger partial charge in [-0.25, -0.2) is 4.39 Å². The number of ether oxygens (including phenoxy) is 1. The summed E-state index contributed by atoms with van der Waals surface area (Å²) >= 11 is 0. The van der Waals surface area contributed by atoms with Gasteiger partial charge in [-0.2, -0.15) is 0 Å². The first-order chi connectivity index (χ1) is 9.04. The molecule has 0 amide bonds. The van der Waals surface area contributed by atoms with Crippen LogP contribution in [0.15, 0.2) is 36.4 Å². The predicted octanol–water partition coefficient (Wildman–Crippen LogP) is 3.53. The highest BCUT2D eigenvalue weighted by Gasteiger charge is 2.20. The Morgan fingerprint density at radius 1 is 1.16 bits per heavy atom. The van der Waals surface area contributed by atoms with Gasteiger partial charge in [-0.1, -0.05) is 24.3 Å². The van der Waals surface area contributed by atoms with Crippen molar-refractivity contribution in [2.45, 2.75) is 20.0 Å². The molecule has 3 heteroatoms. The number of methoxy groups -OCH3 is 1. The standard InChI is InChI=1S/C16H17FO2/c1-10-8-11(2)15(14(9-10)19-3)16(18)12-6-4-5-7-13(12)17/h4-9,16,18H,1-3H3. The third kappa shape index (κ3) is 2.61. The fourth-order valence-corrected chi connectivity index (χ4v) is 2.31. The van der Waals surface area contributed by atoms with Gasteiger partial charge in [-0.3, -0.25) is 0 Å². The molecule has 1 N–H and O–H groups in total. The monoisotopic (exact) mass is 260 g/mol. The minimum atomic E-state index is -1.03. The van der Waals surface area contributed by atoms with Crippen LogP contribution in [0.3, 0.4) is 0 Å². The van der Waals surface area contributed by atoms with Crippen LogP contribution in [0.25, 0.3) is 0 Å². The molecule has 0 saturated carbocycles. The summed E-state index contributed by atoms with van der Waals surface area (Å²) in [6.07, 6.45) is -1.03. The molecule has 0 heterocycles. The molecule has 0 aliphatic carbocycles. The van der Waals surface area contributed by atoms with Gasteiger partial charge in [0.05, 0.1) is 7.11 Å². The second kappa shape index (κ2) is 5.41. The van der Waals surface area contributed by atoms with E-state index in [1.165, 1.54) is 6.07 Å². The van der Waals surface area contributed by atoms with Crippen LogP contribution in [0, 0.1) is 19.7 Å². The van der Waals surface area contributed by atoms with Crippen molar-refractivity contribution in [2.75, 3.05) is 7.11 Å². The van der Waals surface area contributed by atoms with E-state index in [-0.39, 0.29) is 5.56 Å². The molecule has 0 saturated heterocycles. The molecule has 2 rings (SSSR count). The molecular weight excluding hydrogens is 243 g/mol. The molecule has 0 aliphatic heterocycles. The smallest absolute Gasteiger partial charge is 0.129 e. The van der Waals surface area contributed by atoms with Crippen LogP contribution in [-0.2, 0) is 0 Å². The zero-order chi connectivity index (χ0) is 14.0. The zero-order valence-corrected chi connectivity index (χ0v) is 11.3. The SMILES string of the molecule is COc1cc(C)cc(C)c1C(O)c1ccccc1F. The Hall–Kier alpha value is -1.87. The quantitative estimate of drug-likeness (QED) is 0.914. The summed E-state index contributed by atoms with van der Waals surface area (Å²) < 4.78 is 19.1. The molecule has 0 aliphatic rings. The second-order valence-corrected chi connectivity index (χ2v) is 4.62. The molecule has 1 unspecified atom stereocenters. The molecule has 100 valence electrons. The Morgan fingerprint density at radius 2 is 1.84 bits per heavy atom. The molecule has 1 atom stereocenters. The van der Waals surface area contributed by atoms with Gasteiger partial charge in [-0.15, -0.1) is 0 Å². The van der Waals surface area contributed by atoms with E-state index in [4.69, 9.17) is 4.74 Å². The van der Waals surface area contributed by atoms with Gasteiger partial charge in [0.25, 0.3) is 0 Å². The van der Waals surface area contributed by atoms with Gasteiger partial charge in [0.15, 0.2) is 0 Å². The summed E-state index contributed by atoms with van der Waals surface area (Å²) in [5.74, 6) is 0.158. The summed E-state index contributed by atoms with van der Waals surface area (Å²) in [6, 6.07) is 10.0. The summed E-state index contributed by atoms with van der Waals surface area (Å²) in [7, 11) is 1.55. The molecule has 0 spiro atoms. The highest BCUT2D eigenvalue weighted by Crippen LogP contribution is 2.34. The van der Waals surface area contributed by atoms with Crippen LogP contribution in [0.4, 0.5) is 4.39 Å². The van der Waals surface area contributed by atoms with E-state index >= 15 is 0 Å². The highest BCUT2D eigenvalue weighted by atomic mass is 19.1. The average molecular weight is 260 g/mol. The molecule has 0 radical (unpaired) electrons. The van der Waals surface area contributed by atoms with E-state index in [0.717, 1.165) is 11.1 Å². The fraction of sp³-hybridized carbons (Fsp3) is 0.250. The minimum Gasteiger partial charge on any atom is -0.496 e. The van der Waals surface area contributed by atoms with Gasteiger partial charge in [0.2, 0.25) is 0 Å². The molecule has 19 heavy (non-hydrogen) atoms. The first-order valence-electron chi connectivity index (χ1n) is 6.12. The lowest BCUT2D eigenvalue weighted by Gasteiger charge is -2.19. The summed E-state index contributed by atoms with van der Waals surface area (Å²) in [4.78, 5) is 0. The predicted molar refractivity (Wildman–Crippen MR) is 72.9 cm³/mol. The lowest BCUT2D eigenvalue weighted by atomic mass is 9.94. The third-order valence-electron chi connectivity index (χ3n) is 3.19. The molecule has 2 nitrogen and oxygen atoms in total. The van der Waals surface area contributed by atoms with Crippen LogP contribution in [0.1, 0.15) is 28.4 Å². The number of hydrogen-bond acceptors (Lipinski definition) is 2. The Labute approximate surface area is 112 Å². The first kappa shape index (κ1) is 13.6. The third-order valence-corrected chi connectivity index (χ3v) is 3.19. The molecule has 0 bridgehead atoms. The number of halogens is 1. The Bertz CT molecular complexity index is 593. The summed E-state index contributed by atoms with van der Waals surface area (Å²) in [6.45, 7) is 3.84. The van der Waals surface area contributed by atoms with Crippen molar-refractivity contribution < 1.29 is 14.2 Å². The minimum absolute atomic E-state index is 0.257. The molecule has 0 aromatic heterocycles. The van der Waals surface area contributed by atoms with Crippen LogP contribution in [0.2, 0.25) is 0 Å². The van der Waals surface area contributed by atoms with E-state index in [0.29, 0.717) is 11.3 Å². The number of aliphatic hydroxyl groups is 1. The van der Waals surface area contributed by atoms with E-state index in [1.54, 1.807) is 25.3 Å². The van der Waals surface area contributed by atoms with Crippen LogP contribution < -0.4 is 4.74 Å². The van der Waals surface area contributed by atoms with Crippen LogP contribution in [0.5, 0.6) is 5.75 Å².